The minimum absolute atomic E-state index is 0.493. The highest BCUT2D eigenvalue weighted by Crippen LogP contribution is 2.31. The molecule has 4 heteroatoms. The predicted molar refractivity (Wildman–Crippen MR) is 68.2 cm³/mol. The van der Waals surface area contributed by atoms with E-state index in [4.69, 9.17) is 5.11 Å². The predicted octanol–water partition coefficient (Wildman–Crippen LogP) is 1.52. The Labute approximate surface area is 107 Å². The number of carboxylic acid groups (broad SMARTS) is 1. The number of benzene rings is 1. The third kappa shape index (κ3) is 2.71. The second kappa shape index (κ2) is 5.08. The largest absolute Gasteiger partial charge is 0.481 e. The van der Waals surface area contributed by atoms with Crippen LogP contribution in [0.5, 0.6) is 0 Å². The molecule has 1 saturated heterocycles. The van der Waals surface area contributed by atoms with Gasteiger partial charge in [-0.2, -0.15) is 0 Å². The first-order valence-electron chi connectivity index (χ1n) is 6.20. The van der Waals surface area contributed by atoms with Gasteiger partial charge >= 0.3 is 5.97 Å². The van der Waals surface area contributed by atoms with Gasteiger partial charge < -0.3 is 10.2 Å². The lowest BCUT2D eigenvalue weighted by Gasteiger charge is -2.22. The lowest BCUT2D eigenvalue weighted by atomic mass is 9.90. The average Bonchev–Trinajstić information content (AvgIpc) is 2.73. The molecule has 2 N–H and O–H groups in total. The van der Waals surface area contributed by atoms with Crippen molar-refractivity contribution in [2.45, 2.75) is 19.4 Å². The standard InChI is InChI=1S/C14H19NO3/c1-14(13(17)18)7-8-15(10-14)9-12(16)11-5-3-2-4-6-11/h2-6,12,16H,7-10H2,1H3,(H,17,18). The molecule has 1 aliphatic heterocycles. The smallest absolute Gasteiger partial charge is 0.310 e. The van der Waals surface area contributed by atoms with Gasteiger partial charge in [0.05, 0.1) is 11.5 Å². The fraction of sp³-hybridized carbons (Fsp3) is 0.500. The zero-order chi connectivity index (χ0) is 13.2. The third-order valence-corrected chi connectivity index (χ3v) is 3.68. The van der Waals surface area contributed by atoms with Crippen molar-refractivity contribution in [3.8, 4) is 0 Å². The lowest BCUT2D eigenvalue weighted by Crippen LogP contribution is -2.33. The van der Waals surface area contributed by atoms with Gasteiger partial charge in [0.2, 0.25) is 0 Å². The zero-order valence-corrected chi connectivity index (χ0v) is 10.5. The van der Waals surface area contributed by atoms with Crippen molar-refractivity contribution >= 4 is 5.97 Å². The molecule has 0 bridgehead atoms. The van der Waals surface area contributed by atoms with E-state index in [0.717, 1.165) is 12.1 Å². The van der Waals surface area contributed by atoms with Crippen molar-refractivity contribution < 1.29 is 15.0 Å². The number of aliphatic hydroxyl groups is 1. The Morgan fingerprint density at radius 3 is 2.67 bits per heavy atom. The summed E-state index contributed by atoms with van der Waals surface area (Å²) >= 11 is 0. The molecule has 1 aromatic rings. The number of β-amino-alcohol motifs (C(OH)–C–C–N with tert-alkyl or cyclic N) is 1. The van der Waals surface area contributed by atoms with Crippen LogP contribution in [0, 0.1) is 5.41 Å². The van der Waals surface area contributed by atoms with E-state index in [-0.39, 0.29) is 0 Å². The van der Waals surface area contributed by atoms with E-state index in [9.17, 15) is 9.90 Å². The number of nitrogens with zero attached hydrogens (tertiary/aromatic N) is 1. The van der Waals surface area contributed by atoms with E-state index in [1.54, 1.807) is 6.92 Å². The molecule has 1 aromatic carbocycles. The first-order valence-corrected chi connectivity index (χ1v) is 6.20. The summed E-state index contributed by atoms with van der Waals surface area (Å²) in [4.78, 5) is 13.2. The number of carbonyl (C=O) groups is 1. The molecule has 0 saturated carbocycles. The van der Waals surface area contributed by atoms with Crippen LogP contribution in [0.25, 0.3) is 0 Å². The molecule has 0 amide bonds. The first-order chi connectivity index (χ1) is 8.51. The van der Waals surface area contributed by atoms with Crippen LogP contribution in [0.3, 0.4) is 0 Å². The van der Waals surface area contributed by atoms with Gasteiger partial charge in [0.25, 0.3) is 0 Å². The van der Waals surface area contributed by atoms with Crippen LogP contribution in [0.1, 0.15) is 25.0 Å². The quantitative estimate of drug-likeness (QED) is 0.849. The monoisotopic (exact) mass is 249 g/mol. The number of aliphatic hydroxyl groups excluding tert-OH is 1. The van der Waals surface area contributed by atoms with Crippen LogP contribution in [-0.4, -0.2) is 40.7 Å². The Morgan fingerprint density at radius 2 is 2.11 bits per heavy atom. The summed E-state index contributed by atoms with van der Waals surface area (Å²) in [5.74, 6) is -0.751. The molecule has 2 unspecified atom stereocenters. The molecule has 98 valence electrons. The minimum Gasteiger partial charge on any atom is -0.481 e. The molecule has 1 heterocycles. The molecule has 2 atom stereocenters. The van der Waals surface area contributed by atoms with Gasteiger partial charge in [-0.05, 0) is 25.5 Å². The number of hydrogen-bond acceptors (Lipinski definition) is 3. The van der Waals surface area contributed by atoms with E-state index in [0.29, 0.717) is 19.5 Å². The Hall–Kier alpha value is -1.39. The molecule has 1 aliphatic rings. The van der Waals surface area contributed by atoms with E-state index in [1.165, 1.54) is 0 Å². The highest BCUT2D eigenvalue weighted by Gasteiger charge is 2.40. The number of hydrogen-bond donors (Lipinski definition) is 2. The minimum atomic E-state index is -0.751. The summed E-state index contributed by atoms with van der Waals surface area (Å²) in [7, 11) is 0. The van der Waals surface area contributed by atoms with Crippen LogP contribution in [0.15, 0.2) is 30.3 Å². The number of rotatable bonds is 4. The maximum absolute atomic E-state index is 11.1. The second-order valence-corrected chi connectivity index (χ2v) is 5.28. The highest BCUT2D eigenvalue weighted by molar-refractivity contribution is 5.74. The van der Waals surface area contributed by atoms with Crippen LogP contribution < -0.4 is 0 Å². The van der Waals surface area contributed by atoms with Gasteiger partial charge in [0.1, 0.15) is 0 Å². The SMILES string of the molecule is CC1(C(=O)O)CCN(CC(O)c2ccccc2)C1. The van der Waals surface area contributed by atoms with Crippen molar-refractivity contribution in [1.82, 2.24) is 4.90 Å². The number of carboxylic acids is 1. The van der Waals surface area contributed by atoms with Gasteiger partial charge in [-0.25, -0.2) is 0 Å². The lowest BCUT2D eigenvalue weighted by molar-refractivity contribution is -0.147. The molecule has 18 heavy (non-hydrogen) atoms. The number of likely N-dealkylation sites (tertiary alicyclic amines) is 1. The summed E-state index contributed by atoms with van der Waals surface area (Å²) in [5, 5.41) is 19.3. The summed E-state index contributed by atoms with van der Waals surface area (Å²) in [6.45, 7) is 3.50. The third-order valence-electron chi connectivity index (χ3n) is 3.68. The normalized spacial score (nSPS) is 26.1. The summed E-state index contributed by atoms with van der Waals surface area (Å²) in [6, 6.07) is 9.47. The van der Waals surface area contributed by atoms with Gasteiger partial charge in [0.15, 0.2) is 0 Å². The van der Waals surface area contributed by atoms with Gasteiger partial charge in [0, 0.05) is 13.1 Å². The van der Waals surface area contributed by atoms with Crippen LogP contribution in [0.4, 0.5) is 0 Å². The van der Waals surface area contributed by atoms with Crippen LogP contribution >= 0.6 is 0 Å². The van der Waals surface area contributed by atoms with E-state index in [1.807, 2.05) is 35.2 Å². The second-order valence-electron chi connectivity index (χ2n) is 5.28. The Balaban J connectivity index is 1.94. The Morgan fingerprint density at radius 1 is 1.44 bits per heavy atom. The maximum Gasteiger partial charge on any atom is 0.310 e. The van der Waals surface area contributed by atoms with Crippen molar-refractivity contribution in [2.75, 3.05) is 19.6 Å². The van der Waals surface area contributed by atoms with Gasteiger partial charge in [-0.1, -0.05) is 30.3 Å². The molecule has 2 rings (SSSR count). The van der Waals surface area contributed by atoms with Crippen molar-refractivity contribution in [3.63, 3.8) is 0 Å². The van der Waals surface area contributed by atoms with Crippen LogP contribution in [0.2, 0.25) is 0 Å². The fourth-order valence-corrected chi connectivity index (χ4v) is 2.41. The van der Waals surface area contributed by atoms with Crippen molar-refractivity contribution in [3.05, 3.63) is 35.9 Å². The summed E-state index contributed by atoms with van der Waals surface area (Å²) < 4.78 is 0. The molecule has 0 aliphatic carbocycles. The van der Waals surface area contributed by atoms with Crippen molar-refractivity contribution in [2.24, 2.45) is 5.41 Å². The molecule has 4 nitrogen and oxygen atoms in total. The molecule has 0 radical (unpaired) electrons. The summed E-state index contributed by atoms with van der Waals surface area (Å²) in [5.41, 5.74) is 0.206. The maximum atomic E-state index is 11.1. The molecular formula is C14H19NO3. The molecule has 0 spiro atoms. The van der Waals surface area contributed by atoms with Gasteiger partial charge in [-0.3, -0.25) is 9.69 Å². The van der Waals surface area contributed by atoms with E-state index in [2.05, 4.69) is 0 Å². The van der Waals surface area contributed by atoms with Gasteiger partial charge in [-0.15, -0.1) is 0 Å². The van der Waals surface area contributed by atoms with E-state index < -0.39 is 17.5 Å². The number of aliphatic carboxylic acids is 1. The molecule has 0 aromatic heterocycles. The van der Waals surface area contributed by atoms with Crippen LogP contribution in [-0.2, 0) is 4.79 Å². The molecule has 1 fully saturated rings. The first kappa shape index (κ1) is 13.1. The fourth-order valence-electron chi connectivity index (χ4n) is 2.41. The Bertz CT molecular complexity index is 420. The average molecular weight is 249 g/mol. The highest BCUT2D eigenvalue weighted by atomic mass is 16.4. The Kier molecular flexibility index (Phi) is 3.68. The zero-order valence-electron chi connectivity index (χ0n) is 10.5. The topological polar surface area (TPSA) is 60.8 Å². The van der Waals surface area contributed by atoms with E-state index >= 15 is 0 Å². The summed E-state index contributed by atoms with van der Waals surface area (Å²) in [6.07, 6.45) is 0.0893. The molecular weight excluding hydrogens is 230 g/mol. The van der Waals surface area contributed by atoms with Crippen molar-refractivity contribution in [1.29, 1.82) is 0 Å².